The molecular formula is C19H32IN5O2. The van der Waals surface area contributed by atoms with Crippen molar-refractivity contribution in [1.82, 2.24) is 15.5 Å². The molecule has 27 heavy (non-hydrogen) atoms. The molecule has 8 heteroatoms. The SMILES string of the molecule is CN=C(NCCc1ccc(C)c(OC)c1)NC1CCN(CC(N)=O)CC1.I. The lowest BCUT2D eigenvalue weighted by atomic mass is 10.1. The van der Waals surface area contributed by atoms with Crippen molar-refractivity contribution >= 4 is 35.8 Å². The molecule has 0 unspecified atom stereocenters. The Morgan fingerprint density at radius 3 is 2.67 bits per heavy atom. The van der Waals surface area contributed by atoms with E-state index in [1.54, 1.807) is 14.2 Å². The highest BCUT2D eigenvalue weighted by Gasteiger charge is 2.20. The Morgan fingerprint density at radius 2 is 2.07 bits per heavy atom. The molecule has 0 aliphatic carbocycles. The lowest BCUT2D eigenvalue weighted by Crippen LogP contribution is -2.50. The maximum absolute atomic E-state index is 11.0. The highest BCUT2D eigenvalue weighted by atomic mass is 127. The van der Waals surface area contributed by atoms with Gasteiger partial charge in [0, 0.05) is 32.7 Å². The number of primary amides is 1. The van der Waals surface area contributed by atoms with E-state index in [0.29, 0.717) is 12.6 Å². The van der Waals surface area contributed by atoms with E-state index in [2.05, 4.69) is 38.7 Å². The number of hydrogen-bond donors (Lipinski definition) is 3. The smallest absolute Gasteiger partial charge is 0.231 e. The Labute approximate surface area is 179 Å². The van der Waals surface area contributed by atoms with Crippen LogP contribution in [0.25, 0.3) is 0 Å². The van der Waals surface area contributed by atoms with E-state index in [-0.39, 0.29) is 29.9 Å². The zero-order valence-corrected chi connectivity index (χ0v) is 18.8. The van der Waals surface area contributed by atoms with Crippen molar-refractivity contribution in [3.05, 3.63) is 29.3 Å². The van der Waals surface area contributed by atoms with Crippen molar-refractivity contribution in [2.45, 2.75) is 32.2 Å². The summed E-state index contributed by atoms with van der Waals surface area (Å²) >= 11 is 0. The first-order chi connectivity index (χ1) is 12.5. The fourth-order valence-corrected chi connectivity index (χ4v) is 3.19. The van der Waals surface area contributed by atoms with Gasteiger partial charge in [0.15, 0.2) is 5.96 Å². The minimum Gasteiger partial charge on any atom is -0.496 e. The van der Waals surface area contributed by atoms with Crippen LogP contribution in [0.3, 0.4) is 0 Å². The predicted octanol–water partition coefficient (Wildman–Crippen LogP) is 1.28. The fraction of sp³-hybridized carbons (Fsp3) is 0.579. The Balaban J connectivity index is 0.00000364. The third kappa shape index (κ3) is 7.92. The molecule has 1 heterocycles. The van der Waals surface area contributed by atoms with Crippen molar-refractivity contribution in [2.24, 2.45) is 10.7 Å². The van der Waals surface area contributed by atoms with Gasteiger partial charge in [-0.15, -0.1) is 24.0 Å². The molecule has 0 aromatic heterocycles. The second-order valence-corrected chi connectivity index (χ2v) is 6.71. The number of piperidine rings is 1. The summed E-state index contributed by atoms with van der Waals surface area (Å²) in [5.41, 5.74) is 7.63. The van der Waals surface area contributed by atoms with Gasteiger partial charge in [-0.2, -0.15) is 0 Å². The third-order valence-electron chi connectivity index (χ3n) is 4.71. The number of likely N-dealkylation sites (tertiary alicyclic amines) is 1. The van der Waals surface area contributed by atoms with Gasteiger partial charge in [0.2, 0.25) is 5.91 Å². The minimum absolute atomic E-state index is 0. The van der Waals surface area contributed by atoms with Gasteiger partial charge in [-0.3, -0.25) is 14.7 Å². The van der Waals surface area contributed by atoms with Gasteiger partial charge in [0.1, 0.15) is 5.75 Å². The molecule has 1 fully saturated rings. The number of rotatable bonds is 7. The van der Waals surface area contributed by atoms with E-state index in [9.17, 15) is 4.79 Å². The molecule has 1 amide bonds. The van der Waals surface area contributed by atoms with Crippen molar-refractivity contribution in [3.8, 4) is 5.75 Å². The molecule has 1 aliphatic heterocycles. The van der Waals surface area contributed by atoms with Crippen molar-refractivity contribution in [2.75, 3.05) is 40.3 Å². The van der Waals surface area contributed by atoms with Gasteiger partial charge in [0.25, 0.3) is 0 Å². The van der Waals surface area contributed by atoms with E-state index in [1.165, 1.54) is 5.56 Å². The first-order valence-electron chi connectivity index (χ1n) is 9.13. The number of methoxy groups -OCH3 is 1. The molecular weight excluding hydrogens is 457 g/mol. The first-order valence-corrected chi connectivity index (χ1v) is 9.13. The number of hydrogen-bond acceptors (Lipinski definition) is 4. The Bertz CT molecular complexity index is 631. The molecule has 0 atom stereocenters. The summed E-state index contributed by atoms with van der Waals surface area (Å²) in [4.78, 5) is 17.4. The van der Waals surface area contributed by atoms with Gasteiger partial charge in [0.05, 0.1) is 13.7 Å². The van der Waals surface area contributed by atoms with Crippen LogP contribution in [-0.4, -0.2) is 63.1 Å². The molecule has 1 saturated heterocycles. The average Bonchev–Trinajstić information content (AvgIpc) is 2.63. The summed E-state index contributed by atoms with van der Waals surface area (Å²) in [6, 6.07) is 6.66. The number of nitrogens with zero attached hydrogens (tertiary/aromatic N) is 2. The number of carbonyl (C=O) groups is 1. The van der Waals surface area contributed by atoms with Crippen LogP contribution >= 0.6 is 24.0 Å². The van der Waals surface area contributed by atoms with E-state index in [1.807, 2.05) is 6.92 Å². The lowest BCUT2D eigenvalue weighted by molar-refractivity contribution is -0.119. The number of halogens is 1. The molecule has 0 radical (unpaired) electrons. The van der Waals surface area contributed by atoms with Crippen LogP contribution in [-0.2, 0) is 11.2 Å². The molecule has 1 aromatic rings. The molecule has 4 N–H and O–H groups in total. The summed E-state index contributed by atoms with van der Waals surface area (Å²) in [7, 11) is 3.48. The summed E-state index contributed by atoms with van der Waals surface area (Å²) < 4.78 is 5.38. The first kappa shape index (κ1) is 23.5. The predicted molar refractivity (Wildman–Crippen MR) is 120 cm³/mol. The number of aryl methyl sites for hydroxylation is 1. The second-order valence-electron chi connectivity index (χ2n) is 6.71. The number of nitrogens with two attached hydrogens (primary N) is 1. The average molecular weight is 489 g/mol. The molecule has 1 aromatic carbocycles. The van der Waals surface area contributed by atoms with E-state index in [0.717, 1.165) is 56.2 Å². The van der Waals surface area contributed by atoms with Crippen molar-refractivity contribution in [3.63, 3.8) is 0 Å². The Kier molecular flexibility index (Phi) is 10.5. The lowest BCUT2D eigenvalue weighted by Gasteiger charge is -2.32. The van der Waals surface area contributed by atoms with Crippen molar-refractivity contribution in [1.29, 1.82) is 0 Å². The topological polar surface area (TPSA) is 92.0 Å². The van der Waals surface area contributed by atoms with Crippen LogP contribution in [0.1, 0.15) is 24.0 Å². The number of guanidine groups is 1. The molecule has 1 aliphatic rings. The maximum Gasteiger partial charge on any atom is 0.231 e. The quantitative estimate of drug-likeness (QED) is 0.305. The monoisotopic (exact) mass is 489 g/mol. The maximum atomic E-state index is 11.0. The van der Waals surface area contributed by atoms with E-state index >= 15 is 0 Å². The van der Waals surface area contributed by atoms with Crippen LogP contribution < -0.4 is 21.1 Å². The van der Waals surface area contributed by atoms with Gasteiger partial charge in [-0.1, -0.05) is 12.1 Å². The second kappa shape index (κ2) is 12.0. The number of amides is 1. The van der Waals surface area contributed by atoms with Gasteiger partial charge >= 0.3 is 0 Å². The standard InChI is InChI=1S/C19H31N5O2.HI/c1-14-4-5-15(12-17(14)26-3)6-9-22-19(21-2)23-16-7-10-24(11-8-16)13-18(20)25;/h4-5,12,16H,6-11,13H2,1-3H3,(H2,20,25)(H2,21,22,23);1H. The summed E-state index contributed by atoms with van der Waals surface area (Å²) in [6.45, 7) is 4.94. The number of benzene rings is 1. The van der Waals surface area contributed by atoms with Crippen LogP contribution in [0.2, 0.25) is 0 Å². The van der Waals surface area contributed by atoms with E-state index < -0.39 is 0 Å². The van der Waals surface area contributed by atoms with E-state index in [4.69, 9.17) is 10.5 Å². The van der Waals surface area contributed by atoms with Gasteiger partial charge in [-0.05, 0) is 43.4 Å². The van der Waals surface area contributed by atoms with Crippen LogP contribution in [0, 0.1) is 6.92 Å². The Morgan fingerprint density at radius 1 is 1.37 bits per heavy atom. The summed E-state index contributed by atoms with van der Waals surface area (Å²) in [6.07, 6.45) is 2.85. The zero-order chi connectivity index (χ0) is 18.9. The third-order valence-corrected chi connectivity index (χ3v) is 4.71. The number of nitrogens with one attached hydrogen (secondary N) is 2. The summed E-state index contributed by atoms with van der Waals surface area (Å²) in [5, 5.41) is 6.84. The molecule has 0 saturated carbocycles. The normalized spacial score (nSPS) is 15.7. The Hall–Kier alpha value is -1.55. The number of aliphatic imine (C=N–C) groups is 1. The molecule has 152 valence electrons. The molecule has 0 bridgehead atoms. The fourth-order valence-electron chi connectivity index (χ4n) is 3.19. The van der Waals surface area contributed by atoms with Gasteiger partial charge < -0.3 is 21.1 Å². The van der Waals surface area contributed by atoms with Crippen LogP contribution in [0.15, 0.2) is 23.2 Å². The molecule has 2 rings (SSSR count). The van der Waals surface area contributed by atoms with Crippen molar-refractivity contribution < 1.29 is 9.53 Å². The molecule has 7 nitrogen and oxygen atoms in total. The number of ether oxygens (including phenoxy) is 1. The highest BCUT2D eigenvalue weighted by molar-refractivity contribution is 14.0. The van der Waals surface area contributed by atoms with Gasteiger partial charge in [-0.25, -0.2) is 0 Å². The van der Waals surface area contributed by atoms with Crippen LogP contribution in [0.5, 0.6) is 5.75 Å². The molecule has 0 spiro atoms. The number of carbonyl (C=O) groups excluding carboxylic acids is 1. The van der Waals surface area contributed by atoms with Crippen LogP contribution in [0.4, 0.5) is 0 Å². The highest BCUT2D eigenvalue weighted by Crippen LogP contribution is 2.19. The summed E-state index contributed by atoms with van der Waals surface area (Å²) in [5.74, 6) is 1.48. The minimum atomic E-state index is -0.262. The zero-order valence-electron chi connectivity index (χ0n) is 16.5. The largest absolute Gasteiger partial charge is 0.496 e.